The molecule has 2 aliphatic rings. The Balaban J connectivity index is 1.85. The van der Waals surface area contributed by atoms with E-state index in [0.717, 1.165) is 0 Å². The van der Waals surface area contributed by atoms with Gasteiger partial charge >= 0.3 is 0 Å². The molecule has 0 bridgehead atoms. The van der Waals surface area contributed by atoms with E-state index in [-0.39, 0.29) is 0 Å². The lowest BCUT2D eigenvalue weighted by molar-refractivity contribution is 0.732. The third-order valence-corrected chi connectivity index (χ3v) is 3.38. The van der Waals surface area contributed by atoms with Gasteiger partial charge in [0.25, 0.3) is 0 Å². The van der Waals surface area contributed by atoms with Crippen molar-refractivity contribution in [3.05, 3.63) is 0 Å². The highest BCUT2D eigenvalue weighted by Crippen LogP contribution is 2.24. The Morgan fingerprint density at radius 1 is 1.55 bits per heavy atom. The van der Waals surface area contributed by atoms with Crippen LogP contribution in [0.3, 0.4) is 0 Å². The van der Waals surface area contributed by atoms with Crippen molar-refractivity contribution in [2.75, 3.05) is 5.75 Å². The molecule has 0 aromatic rings. The highest BCUT2D eigenvalue weighted by molar-refractivity contribution is 8.01. The Labute approximate surface area is 71.8 Å². The van der Waals surface area contributed by atoms with Gasteiger partial charge in [-0.15, -0.1) is 0 Å². The molecule has 3 heteroatoms. The van der Waals surface area contributed by atoms with E-state index in [4.69, 9.17) is 0 Å². The van der Waals surface area contributed by atoms with Crippen LogP contribution >= 0.6 is 11.8 Å². The molecule has 62 valence electrons. The third kappa shape index (κ3) is 1.89. The predicted molar refractivity (Wildman–Crippen MR) is 50.1 cm³/mol. The number of nitrogens with zero attached hydrogens (tertiary/aromatic N) is 1. The molecule has 0 amide bonds. The fourth-order valence-electron chi connectivity index (χ4n) is 1.17. The van der Waals surface area contributed by atoms with E-state index in [1.165, 1.54) is 30.7 Å². The normalized spacial score (nSPS) is 34.6. The van der Waals surface area contributed by atoms with Crippen LogP contribution in [0, 0.1) is 0 Å². The fourth-order valence-corrected chi connectivity index (χ4v) is 2.22. The van der Waals surface area contributed by atoms with Crippen LogP contribution in [-0.4, -0.2) is 22.8 Å². The van der Waals surface area contributed by atoms with E-state index in [9.17, 15) is 0 Å². The molecule has 2 rings (SSSR count). The van der Waals surface area contributed by atoms with Crippen LogP contribution in [0.2, 0.25) is 0 Å². The van der Waals surface area contributed by atoms with Crippen molar-refractivity contribution in [3.8, 4) is 0 Å². The number of rotatable bonds is 2. The second-order valence-electron chi connectivity index (χ2n) is 3.27. The van der Waals surface area contributed by atoms with E-state index < -0.39 is 0 Å². The maximum atomic E-state index is 4.41. The molecular formula is C8H14N2S. The van der Waals surface area contributed by atoms with Gasteiger partial charge in [-0.3, -0.25) is 0 Å². The second-order valence-corrected chi connectivity index (χ2v) is 4.72. The summed E-state index contributed by atoms with van der Waals surface area (Å²) in [6.07, 6.45) is 3.82. The maximum Gasteiger partial charge on any atom is 0.0513 e. The van der Waals surface area contributed by atoms with Crippen molar-refractivity contribution < 1.29 is 0 Å². The first kappa shape index (κ1) is 7.47. The van der Waals surface area contributed by atoms with E-state index >= 15 is 0 Å². The average molecular weight is 170 g/mol. The standard InChI is InChI=1S/C8H14N2S/c1-6-8(4-5-11-6)10-9-7-2-3-7/h6-7,9H,2-5H2,1H3/b10-8+. The minimum Gasteiger partial charge on any atom is -0.307 e. The van der Waals surface area contributed by atoms with Gasteiger partial charge in [-0.25, -0.2) is 0 Å². The quantitative estimate of drug-likeness (QED) is 0.637. The lowest BCUT2D eigenvalue weighted by atomic mass is 10.2. The number of hydrogen-bond donors (Lipinski definition) is 1. The number of thioether (sulfide) groups is 1. The first-order valence-corrected chi connectivity index (χ1v) is 5.35. The Morgan fingerprint density at radius 2 is 2.36 bits per heavy atom. The summed E-state index contributed by atoms with van der Waals surface area (Å²) >= 11 is 2.01. The molecule has 1 N–H and O–H groups in total. The lowest BCUT2D eigenvalue weighted by Gasteiger charge is -2.02. The van der Waals surface area contributed by atoms with Gasteiger partial charge in [0.15, 0.2) is 0 Å². The zero-order chi connectivity index (χ0) is 7.68. The Bertz CT molecular complexity index is 175. The van der Waals surface area contributed by atoms with Crippen molar-refractivity contribution >= 4 is 17.5 Å². The van der Waals surface area contributed by atoms with Gasteiger partial charge in [0.05, 0.1) is 5.71 Å². The minimum absolute atomic E-state index is 0.654. The van der Waals surface area contributed by atoms with E-state index in [2.05, 4.69) is 17.5 Å². The van der Waals surface area contributed by atoms with Crippen molar-refractivity contribution in [1.82, 2.24) is 5.43 Å². The second kappa shape index (κ2) is 3.05. The molecule has 11 heavy (non-hydrogen) atoms. The van der Waals surface area contributed by atoms with Crippen LogP contribution in [0.5, 0.6) is 0 Å². The lowest BCUT2D eigenvalue weighted by Crippen LogP contribution is -2.15. The fraction of sp³-hybridized carbons (Fsp3) is 0.875. The monoisotopic (exact) mass is 170 g/mol. The highest BCUT2D eigenvalue weighted by atomic mass is 32.2. The molecule has 0 radical (unpaired) electrons. The molecule has 0 aromatic heterocycles. The Hall–Kier alpha value is -0.180. The van der Waals surface area contributed by atoms with E-state index in [1.807, 2.05) is 11.8 Å². The molecule has 0 aromatic carbocycles. The van der Waals surface area contributed by atoms with Gasteiger partial charge in [0, 0.05) is 11.3 Å². The molecule has 1 saturated heterocycles. The van der Waals surface area contributed by atoms with Crippen LogP contribution in [0.25, 0.3) is 0 Å². The number of nitrogens with one attached hydrogen (secondary N) is 1. The molecule has 1 unspecified atom stereocenters. The van der Waals surface area contributed by atoms with Gasteiger partial charge in [-0.1, -0.05) is 0 Å². The molecular weight excluding hydrogens is 156 g/mol. The van der Waals surface area contributed by atoms with Gasteiger partial charge in [0.1, 0.15) is 0 Å². The summed E-state index contributed by atoms with van der Waals surface area (Å²) < 4.78 is 0. The molecule has 2 nitrogen and oxygen atoms in total. The van der Waals surface area contributed by atoms with Crippen LogP contribution in [0.15, 0.2) is 5.10 Å². The first-order chi connectivity index (χ1) is 5.36. The van der Waals surface area contributed by atoms with Gasteiger partial charge in [0.2, 0.25) is 0 Å². The number of hydrogen-bond acceptors (Lipinski definition) is 3. The summed E-state index contributed by atoms with van der Waals surface area (Å²) in [5.41, 5.74) is 4.57. The molecule has 2 fully saturated rings. The average Bonchev–Trinajstić information content (AvgIpc) is 2.73. The zero-order valence-electron chi connectivity index (χ0n) is 6.84. The highest BCUT2D eigenvalue weighted by Gasteiger charge is 2.22. The molecule has 1 atom stereocenters. The van der Waals surface area contributed by atoms with Crippen LogP contribution in [-0.2, 0) is 0 Å². The number of hydrazone groups is 1. The van der Waals surface area contributed by atoms with Crippen LogP contribution < -0.4 is 5.43 Å². The molecule has 0 spiro atoms. The van der Waals surface area contributed by atoms with Gasteiger partial charge in [-0.2, -0.15) is 16.9 Å². The largest absolute Gasteiger partial charge is 0.307 e. The summed E-state index contributed by atoms with van der Waals surface area (Å²) in [7, 11) is 0. The zero-order valence-corrected chi connectivity index (χ0v) is 7.66. The molecule has 1 aliphatic carbocycles. The van der Waals surface area contributed by atoms with Crippen molar-refractivity contribution in [3.63, 3.8) is 0 Å². The summed E-state index contributed by atoms with van der Waals surface area (Å²) in [6.45, 7) is 2.24. The van der Waals surface area contributed by atoms with Crippen molar-refractivity contribution in [1.29, 1.82) is 0 Å². The van der Waals surface area contributed by atoms with Crippen LogP contribution in [0.4, 0.5) is 0 Å². The minimum atomic E-state index is 0.654. The molecule has 1 aliphatic heterocycles. The van der Waals surface area contributed by atoms with Crippen molar-refractivity contribution in [2.45, 2.75) is 37.5 Å². The van der Waals surface area contributed by atoms with Gasteiger partial charge in [-0.05, 0) is 31.9 Å². The predicted octanol–water partition coefficient (Wildman–Crippen LogP) is 1.62. The van der Waals surface area contributed by atoms with E-state index in [1.54, 1.807) is 0 Å². The van der Waals surface area contributed by atoms with E-state index in [0.29, 0.717) is 11.3 Å². The van der Waals surface area contributed by atoms with Gasteiger partial charge < -0.3 is 5.43 Å². The molecule has 1 saturated carbocycles. The van der Waals surface area contributed by atoms with Crippen LogP contribution in [0.1, 0.15) is 26.2 Å². The molecule has 1 heterocycles. The third-order valence-electron chi connectivity index (χ3n) is 2.16. The summed E-state index contributed by atoms with van der Waals surface area (Å²) in [6, 6.07) is 0.709. The van der Waals surface area contributed by atoms with Crippen molar-refractivity contribution in [2.24, 2.45) is 5.10 Å². The summed E-state index contributed by atoms with van der Waals surface area (Å²) in [4.78, 5) is 0. The SMILES string of the molecule is CC1SCC/C1=N\NC1CC1. The smallest absolute Gasteiger partial charge is 0.0513 e. The summed E-state index contributed by atoms with van der Waals surface area (Å²) in [5.74, 6) is 1.26. The Kier molecular flexibility index (Phi) is 2.07. The first-order valence-electron chi connectivity index (χ1n) is 4.30. The summed E-state index contributed by atoms with van der Waals surface area (Å²) in [5, 5.41) is 5.07. The Morgan fingerprint density at radius 3 is 2.91 bits per heavy atom. The topological polar surface area (TPSA) is 24.4 Å². The maximum absolute atomic E-state index is 4.41.